The second-order valence-corrected chi connectivity index (χ2v) is 5.57. The normalized spacial score (nSPS) is 19.6. The summed E-state index contributed by atoms with van der Waals surface area (Å²) in [5.74, 6) is -1.08. The predicted octanol–water partition coefficient (Wildman–Crippen LogP) is 2.82. The summed E-state index contributed by atoms with van der Waals surface area (Å²) in [4.78, 5) is 1.70. The number of halogens is 2. The van der Waals surface area contributed by atoms with Gasteiger partial charge in [-0.05, 0) is 37.1 Å². The zero-order chi connectivity index (χ0) is 15.2. The Morgan fingerprint density at radius 3 is 2.57 bits per heavy atom. The van der Waals surface area contributed by atoms with Crippen molar-refractivity contribution in [3.63, 3.8) is 0 Å². The Bertz CT molecular complexity index is 445. The van der Waals surface area contributed by atoms with Gasteiger partial charge in [0, 0.05) is 13.1 Å². The SMILES string of the molecule is CCNCc1cc(F)c(N2CCCCCC2CO)c(F)c1. The molecule has 0 aromatic heterocycles. The van der Waals surface area contributed by atoms with Gasteiger partial charge in [0.1, 0.15) is 17.3 Å². The number of aliphatic hydroxyl groups is 1. The molecular weight excluding hydrogens is 274 g/mol. The second kappa shape index (κ2) is 7.71. The Kier molecular flexibility index (Phi) is 5.94. The zero-order valence-electron chi connectivity index (χ0n) is 12.5. The summed E-state index contributed by atoms with van der Waals surface area (Å²) < 4.78 is 28.7. The van der Waals surface area contributed by atoms with E-state index in [9.17, 15) is 13.9 Å². The third-order valence-electron chi connectivity index (χ3n) is 4.03. The maximum absolute atomic E-state index is 14.4. The fourth-order valence-electron chi connectivity index (χ4n) is 2.93. The molecule has 1 saturated heterocycles. The van der Waals surface area contributed by atoms with Crippen LogP contribution in [0.3, 0.4) is 0 Å². The fourth-order valence-corrected chi connectivity index (χ4v) is 2.93. The van der Waals surface area contributed by atoms with Gasteiger partial charge in [0.2, 0.25) is 0 Å². The summed E-state index contributed by atoms with van der Waals surface area (Å²) in [6.45, 7) is 3.67. The quantitative estimate of drug-likeness (QED) is 0.877. The van der Waals surface area contributed by atoms with Gasteiger partial charge < -0.3 is 15.3 Å². The Morgan fingerprint density at radius 1 is 1.24 bits per heavy atom. The molecule has 21 heavy (non-hydrogen) atoms. The van der Waals surface area contributed by atoms with E-state index in [0.29, 0.717) is 18.7 Å². The van der Waals surface area contributed by atoms with Gasteiger partial charge >= 0.3 is 0 Å². The van der Waals surface area contributed by atoms with Gasteiger partial charge in [0.25, 0.3) is 0 Å². The lowest BCUT2D eigenvalue weighted by molar-refractivity contribution is 0.254. The first-order valence-electron chi connectivity index (χ1n) is 7.73. The number of nitrogens with one attached hydrogen (secondary N) is 1. The highest BCUT2D eigenvalue weighted by Crippen LogP contribution is 2.30. The second-order valence-electron chi connectivity index (χ2n) is 5.57. The van der Waals surface area contributed by atoms with Crippen molar-refractivity contribution in [2.75, 3.05) is 24.6 Å². The molecule has 0 aliphatic carbocycles. The number of nitrogens with zero attached hydrogens (tertiary/aromatic N) is 1. The first-order valence-corrected chi connectivity index (χ1v) is 7.73. The van der Waals surface area contributed by atoms with Crippen molar-refractivity contribution in [2.24, 2.45) is 0 Å². The molecule has 0 bridgehead atoms. The minimum atomic E-state index is -0.539. The van der Waals surface area contributed by atoms with Crippen LogP contribution in [0.5, 0.6) is 0 Å². The maximum Gasteiger partial charge on any atom is 0.149 e. The summed E-state index contributed by atoms with van der Waals surface area (Å²) >= 11 is 0. The lowest BCUT2D eigenvalue weighted by Crippen LogP contribution is -2.38. The van der Waals surface area contributed by atoms with Crippen LogP contribution >= 0.6 is 0 Å². The summed E-state index contributed by atoms with van der Waals surface area (Å²) in [6, 6.07) is 2.58. The van der Waals surface area contributed by atoms with E-state index in [2.05, 4.69) is 5.32 Å². The highest BCUT2D eigenvalue weighted by molar-refractivity contribution is 5.52. The summed E-state index contributed by atoms with van der Waals surface area (Å²) in [6.07, 6.45) is 3.70. The first-order chi connectivity index (χ1) is 10.2. The van der Waals surface area contributed by atoms with E-state index in [1.54, 1.807) is 4.90 Å². The van der Waals surface area contributed by atoms with E-state index in [0.717, 1.165) is 32.2 Å². The molecule has 1 aromatic carbocycles. The van der Waals surface area contributed by atoms with Crippen LogP contribution in [0, 0.1) is 11.6 Å². The molecule has 2 N–H and O–H groups in total. The first kappa shape index (κ1) is 16.2. The van der Waals surface area contributed by atoms with Gasteiger partial charge in [0.15, 0.2) is 0 Å². The lowest BCUT2D eigenvalue weighted by atomic mass is 10.1. The minimum Gasteiger partial charge on any atom is -0.394 e. The number of benzene rings is 1. The molecule has 118 valence electrons. The Labute approximate surface area is 125 Å². The Hall–Kier alpha value is -1.20. The zero-order valence-corrected chi connectivity index (χ0v) is 12.5. The summed E-state index contributed by atoms with van der Waals surface area (Å²) in [7, 11) is 0. The molecule has 1 atom stereocenters. The van der Waals surface area contributed by atoms with E-state index >= 15 is 0 Å². The van der Waals surface area contributed by atoms with Crippen LogP contribution in [0.1, 0.15) is 38.2 Å². The van der Waals surface area contributed by atoms with Gasteiger partial charge in [-0.15, -0.1) is 0 Å². The van der Waals surface area contributed by atoms with Crippen molar-refractivity contribution in [1.82, 2.24) is 5.32 Å². The van der Waals surface area contributed by atoms with Crippen molar-refractivity contribution in [2.45, 2.75) is 45.2 Å². The van der Waals surface area contributed by atoms with Crippen molar-refractivity contribution >= 4 is 5.69 Å². The smallest absolute Gasteiger partial charge is 0.149 e. The third-order valence-corrected chi connectivity index (χ3v) is 4.03. The van der Waals surface area contributed by atoms with Gasteiger partial charge in [-0.2, -0.15) is 0 Å². The van der Waals surface area contributed by atoms with E-state index in [1.165, 1.54) is 12.1 Å². The van der Waals surface area contributed by atoms with Crippen LogP contribution in [0.2, 0.25) is 0 Å². The van der Waals surface area contributed by atoms with Crippen LogP contribution in [-0.2, 0) is 6.54 Å². The third kappa shape index (κ3) is 3.92. The van der Waals surface area contributed by atoms with Crippen molar-refractivity contribution in [3.8, 4) is 0 Å². The molecule has 2 rings (SSSR count). The van der Waals surface area contributed by atoms with Gasteiger partial charge in [-0.3, -0.25) is 0 Å². The predicted molar refractivity (Wildman–Crippen MR) is 80.4 cm³/mol. The summed E-state index contributed by atoms with van der Waals surface area (Å²) in [5, 5.41) is 12.6. The van der Waals surface area contributed by atoms with Crippen LogP contribution in [0.15, 0.2) is 12.1 Å². The molecule has 1 heterocycles. The van der Waals surface area contributed by atoms with Crippen LogP contribution in [0.4, 0.5) is 14.5 Å². The molecular formula is C16H24F2N2O. The van der Waals surface area contributed by atoms with E-state index in [1.807, 2.05) is 6.92 Å². The van der Waals surface area contributed by atoms with Crippen molar-refractivity contribution in [3.05, 3.63) is 29.3 Å². The average molecular weight is 298 g/mol. The number of rotatable bonds is 5. The van der Waals surface area contributed by atoms with E-state index in [4.69, 9.17) is 0 Å². The van der Waals surface area contributed by atoms with Crippen LogP contribution in [-0.4, -0.2) is 30.8 Å². The summed E-state index contributed by atoms with van der Waals surface area (Å²) in [5.41, 5.74) is 0.613. The highest BCUT2D eigenvalue weighted by Gasteiger charge is 2.26. The minimum absolute atomic E-state index is 0.0104. The van der Waals surface area contributed by atoms with Gasteiger partial charge in [-0.1, -0.05) is 19.8 Å². The Morgan fingerprint density at radius 2 is 1.95 bits per heavy atom. The topological polar surface area (TPSA) is 35.5 Å². The fraction of sp³-hybridized carbons (Fsp3) is 0.625. The molecule has 5 heteroatoms. The number of anilines is 1. The molecule has 1 aromatic rings. The molecule has 0 radical (unpaired) electrons. The molecule has 1 unspecified atom stereocenters. The molecule has 1 fully saturated rings. The molecule has 0 spiro atoms. The van der Waals surface area contributed by atoms with Gasteiger partial charge in [0.05, 0.1) is 12.6 Å². The number of hydrogen-bond donors (Lipinski definition) is 2. The van der Waals surface area contributed by atoms with Crippen LogP contribution < -0.4 is 10.2 Å². The molecule has 0 amide bonds. The number of hydrogen-bond acceptors (Lipinski definition) is 3. The molecule has 0 saturated carbocycles. The maximum atomic E-state index is 14.4. The van der Waals surface area contributed by atoms with Crippen molar-refractivity contribution < 1.29 is 13.9 Å². The van der Waals surface area contributed by atoms with E-state index in [-0.39, 0.29) is 18.3 Å². The van der Waals surface area contributed by atoms with Crippen LogP contribution in [0.25, 0.3) is 0 Å². The number of aliphatic hydroxyl groups excluding tert-OH is 1. The lowest BCUT2D eigenvalue weighted by Gasteiger charge is -2.31. The molecule has 1 aliphatic heterocycles. The standard InChI is InChI=1S/C16H24F2N2O/c1-2-19-10-12-8-14(17)16(15(18)9-12)20-7-5-3-4-6-13(20)11-21/h8-9,13,19,21H,2-7,10-11H2,1H3. The largest absolute Gasteiger partial charge is 0.394 e. The van der Waals surface area contributed by atoms with E-state index < -0.39 is 11.6 Å². The molecule has 1 aliphatic rings. The monoisotopic (exact) mass is 298 g/mol. The van der Waals surface area contributed by atoms with Gasteiger partial charge in [-0.25, -0.2) is 8.78 Å². The Balaban J connectivity index is 2.28. The average Bonchev–Trinajstić information content (AvgIpc) is 2.70. The van der Waals surface area contributed by atoms with Crippen molar-refractivity contribution in [1.29, 1.82) is 0 Å². The molecule has 3 nitrogen and oxygen atoms in total. The highest BCUT2D eigenvalue weighted by atomic mass is 19.1.